The molecule has 0 spiro atoms. The van der Waals surface area contributed by atoms with Crippen molar-refractivity contribution >= 4 is 28.9 Å². The van der Waals surface area contributed by atoms with Gasteiger partial charge in [-0.1, -0.05) is 17.8 Å². The van der Waals surface area contributed by atoms with Crippen LogP contribution in [0.15, 0.2) is 17.8 Å². The lowest BCUT2D eigenvalue weighted by atomic mass is 10.4. The van der Waals surface area contributed by atoms with Crippen molar-refractivity contribution in [3.63, 3.8) is 0 Å². The second-order valence-corrected chi connectivity index (χ2v) is 4.80. The van der Waals surface area contributed by atoms with E-state index in [0.717, 1.165) is 16.9 Å². The maximum atomic E-state index is 10.6. The Hall–Kier alpha value is -1.76. The van der Waals surface area contributed by atoms with E-state index in [4.69, 9.17) is 5.11 Å². The quantitative estimate of drug-likeness (QED) is 0.655. The molecule has 2 aromatic rings. The summed E-state index contributed by atoms with van der Waals surface area (Å²) in [7, 11) is 1.85. The summed E-state index contributed by atoms with van der Waals surface area (Å²) in [5.74, 6) is -0.862. The van der Waals surface area contributed by atoms with Gasteiger partial charge in [0, 0.05) is 13.6 Å². The largest absolute Gasteiger partial charge is 0.481 e. The van der Waals surface area contributed by atoms with Gasteiger partial charge in [0.05, 0.1) is 11.4 Å². The maximum Gasteiger partial charge on any atom is 0.313 e. The lowest BCUT2D eigenvalue weighted by molar-refractivity contribution is -0.133. The van der Waals surface area contributed by atoms with E-state index in [2.05, 4.69) is 16.7 Å². The van der Waals surface area contributed by atoms with Crippen molar-refractivity contribution in [1.82, 2.24) is 19.3 Å². The topological polar surface area (TPSA) is 72.9 Å². The maximum absolute atomic E-state index is 10.6. The molecular weight excluding hydrogens is 252 g/mol. The zero-order valence-electron chi connectivity index (χ0n) is 10.3. The summed E-state index contributed by atoms with van der Waals surface area (Å²) in [5.41, 5.74) is 2.54. The number of carboxylic acids is 1. The van der Waals surface area contributed by atoms with Crippen molar-refractivity contribution in [1.29, 1.82) is 0 Å². The zero-order valence-corrected chi connectivity index (χ0v) is 11.1. The molecule has 0 unspecified atom stereocenters. The number of aryl methyl sites for hydroxylation is 2. The number of hydrogen-bond acceptors (Lipinski definition) is 4. The fourth-order valence-electron chi connectivity index (χ4n) is 1.84. The van der Waals surface area contributed by atoms with Crippen LogP contribution in [0.3, 0.4) is 0 Å². The van der Waals surface area contributed by atoms with Crippen molar-refractivity contribution in [3.05, 3.63) is 18.3 Å². The van der Waals surface area contributed by atoms with Crippen LogP contribution in [0.2, 0.25) is 0 Å². The average Bonchev–Trinajstić information content (AvgIpc) is 2.77. The van der Waals surface area contributed by atoms with Crippen molar-refractivity contribution < 1.29 is 9.90 Å². The molecule has 0 fully saturated rings. The molecule has 6 nitrogen and oxygen atoms in total. The van der Waals surface area contributed by atoms with Gasteiger partial charge in [0.25, 0.3) is 0 Å². The van der Waals surface area contributed by atoms with Crippen LogP contribution in [0.1, 0.15) is 5.69 Å². The molecule has 0 saturated carbocycles. The van der Waals surface area contributed by atoms with Crippen LogP contribution >= 0.6 is 11.8 Å². The number of nitrogens with zero attached hydrogens (tertiary/aromatic N) is 4. The average molecular weight is 266 g/mol. The first-order chi connectivity index (χ1) is 8.54. The lowest BCUT2D eigenvalue weighted by Crippen LogP contribution is -2.05. The SMILES string of the molecule is C=CCn1c(SCC(=O)O)nc2c(C)nn(C)c21. The van der Waals surface area contributed by atoms with Crippen molar-refractivity contribution in [3.8, 4) is 0 Å². The summed E-state index contributed by atoms with van der Waals surface area (Å²) in [6.45, 7) is 6.18. The molecule has 1 N–H and O–H groups in total. The van der Waals surface area contributed by atoms with Gasteiger partial charge >= 0.3 is 5.97 Å². The third-order valence-electron chi connectivity index (χ3n) is 2.49. The summed E-state index contributed by atoms with van der Waals surface area (Å²) >= 11 is 1.21. The molecule has 18 heavy (non-hydrogen) atoms. The van der Waals surface area contributed by atoms with E-state index in [1.165, 1.54) is 11.8 Å². The van der Waals surface area contributed by atoms with E-state index >= 15 is 0 Å². The summed E-state index contributed by atoms with van der Waals surface area (Å²) in [6.07, 6.45) is 1.76. The Morgan fingerprint density at radius 1 is 1.61 bits per heavy atom. The smallest absolute Gasteiger partial charge is 0.313 e. The number of fused-ring (bicyclic) bond motifs is 1. The number of hydrogen-bond donors (Lipinski definition) is 1. The second kappa shape index (κ2) is 4.85. The van der Waals surface area contributed by atoms with Crippen LogP contribution in [-0.4, -0.2) is 36.2 Å². The van der Waals surface area contributed by atoms with Gasteiger partial charge in [-0.2, -0.15) is 5.10 Å². The fourth-order valence-corrected chi connectivity index (χ4v) is 2.57. The first kappa shape index (κ1) is 12.7. The molecule has 0 atom stereocenters. The molecule has 0 aliphatic heterocycles. The first-order valence-corrected chi connectivity index (χ1v) is 6.38. The predicted molar refractivity (Wildman–Crippen MR) is 69.8 cm³/mol. The van der Waals surface area contributed by atoms with Crippen LogP contribution in [0.5, 0.6) is 0 Å². The van der Waals surface area contributed by atoms with Gasteiger partial charge in [0.2, 0.25) is 0 Å². The molecule has 0 saturated heterocycles. The molecule has 7 heteroatoms. The lowest BCUT2D eigenvalue weighted by Gasteiger charge is -2.05. The number of imidazole rings is 1. The van der Waals surface area contributed by atoms with Gasteiger partial charge < -0.3 is 5.11 Å². The molecule has 0 bridgehead atoms. The minimum Gasteiger partial charge on any atom is -0.481 e. The Morgan fingerprint density at radius 3 is 2.94 bits per heavy atom. The summed E-state index contributed by atoms with van der Waals surface area (Å²) in [6, 6.07) is 0. The summed E-state index contributed by atoms with van der Waals surface area (Å²) in [4.78, 5) is 15.1. The van der Waals surface area contributed by atoms with Gasteiger partial charge in [-0.3, -0.25) is 14.0 Å². The number of carbonyl (C=O) groups is 1. The van der Waals surface area contributed by atoms with Gasteiger partial charge in [-0.05, 0) is 6.92 Å². The molecule has 2 rings (SSSR count). The van der Waals surface area contributed by atoms with Gasteiger partial charge in [0.15, 0.2) is 10.8 Å². The van der Waals surface area contributed by atoms with Crippen LogP contribution < -0.4 is 0 Å². The van der Waals surface area contributed by atoms with E-state index in [0.29, 0.717) is 11.7 Å². The Bertz CT molecular complexity index is 614. The van der Waals surface area contributed by atoms with E-state index in [1.54, 1.807) is 10.8 Å². The van der Waals surface area contributed by atoms with E-state index in [1.807, 2.05) is 18.5 Å². The predicted octanol–water partition coefficient (Wildman–Crippen LogP) is 1.44. The highest BCUT2D eigenvalue weighted by atomic mass is 32.2. The van der Waals surface area contributed by atoms with Crippen molar-refractivity contribution in [2.45, 2.75) is 18.6 Å². The Kier molecular flexibility index (Phi) is 3.42. The molecular formula is C11H14N4O2S. The Balaban J connectivity index is 2.51. The highest BCUT2D eigenvalue weighted by molar-refractivity contribution is 7.99. The van der Waals surface area contributed by atoms with Crippen LogP contribution in [0.25, 0.3) is 11.2 Å². The normalized spacial score (nSPS) is 11.0. The third kappa shape index (κ3) is 2.13. The molecule has 0 aliphatic rings. The standard InChI is InChI=1S/C11H14N4O2S/c1-4-5-15-10-9(7(2)13-14(10)3)12-11(15)18-6-8(16)17/h4H,1,5-6H2,2-3H3,(H,16,17). The molecule has 0 amide bonds. The molecule has 0 aliphatic carbocycles. The fraction of sp³-hybridized carbons (Fsp3) is 0.364. The Morgan fingerprint density at radius 2 is 2.33 bits per heavy atom. The monoisotopic (exact) mass is 266 g/mol. The van der Waals surface area contributed by atoms with Crippen LogP contribution in [-0.2, 0) is 18.4 Å². The molecule has 0 radical (unpaired) electrons. The first-order valence-electron chi connectivity index (χ1n) is 5.40. The zero-order chi connectivity index (χ0) is 13.3. The molecule has 2 aromatic heterocycles. The van der Waals surface area contributed by atoms with E-state index in [-0.39, 0.29) is 5.75 Å². The van der Waals surface area contributed by atoms with Crippen LogP contribution in [0, 0.1) is 6.92 Å². The summed E-state index contributed by atoms with van der Waals surface area (Å²) < 4.78 is 3.68. The number of aromatic nitrogens is 4. The minimum atomic E-state index is -0.855. The minimum absolute atomic E-state index is 0.00700. The third-order valence-corrected chi connectivity index (χ3v) is 3.45. The Labute approximate surface area is 108 Å². The molecule has 0 aromatic carbocycles. The van der Waals surface area contributed by atoms with Crippen molar-refractivity contribution in [2.24, 2.45) is 7.05 Å². The number of rotatable bonds is 5. The second-order valence-electron chi connectivity index (χ2n) is 3.86. The molecule has 2 heterocycles. The number of carboxylic acid groups (broad SMARTS) is 1. The van der Waals surface area contributed by atoms with E-state index in [9.17, 15) is 4.79 Å². The number of aliphatic carboxylic acids is 1. The summed E-state index contributed by atoms with van der Waals surface area (Å²) in [5, 5.41) is 13.7. The number of thioether (sulfide) groups is 1. The molecule has 96 valence electrons. The highest BCUT2D eigenvalue weighted by Crippen LogP contribution is 2.25. The highest BCUT2D eigenvalue weighted by Gasteiger charge is 2.17. The van der Waals surface area contributed by atoms with E-state index < -0.39 is 5.97 Å². The van der Waals surface area contributed by atoms with Gasteiger partial charge in [-0.25, -0.2) is 4.98 Å². The van der Waals surface area contributed by atoms with Gasteiger partial charge in [-0.15, -0.1) is 6.58 Å². The van der Waals surface area contributed by atoms with Crippen LogP contribution in [0.4, 0.5) is 0 Å². The number of allylic oxidation sites excluding steroid dienone is 1. The van der Waals surface area contributed by atoms with Crippen molar-refractivity contribution in [2.75, 3.05) is 5.75 Å². The van der Waals surface area contributed by atoms with Gasteiger partial charge in [0.1, 0.15) is 5.52 Å².